The first-order valence-corrected chi connectivity index (χ1v) is 6.08. The van der Waals surface area contributed by atoms with Crippen LogP contribution in [0, 0.1) is 6.92 Å². The summed E-state index contributed by atoms with van der Waals surface area (Å²) in [4.78, 5) is 0. The minimum absolute atomic E-state index is 0.476. The fraction of sp³-hybridized carbons (Fsp3) is 0.615. The summed E-state index contributed by atoms with van der Waals surface area (Å²) < 4.78 is 2.09. The Morgan fingerprint density at radius 2 is 2.31 bits per heavy atom. The Balaban J connectivity index is 2.71. The highest BCUT2D eigenvalue weighted by molar-refractivity contribution is 5.10. The van der Waals surface area contributed by atoms with E-state index in [0.717, 1.165) is 31.6 Å². The second-order valence-electron chi connectivity index (χ2n) is 4.08. The lowest BCUT2D eigenvalue weighted by atomic mass is 10.1. The van der Waals surface area contributed by atoms with Gasteiger partial charge in [0.05, 0.1) is 5.69 Å². The number of hydrogen-bond donors (Lipinski definition) is 1. The van der Waals surface area contributed by atoms with Gasteiger partial charge in [-0.1, -0.05) is 13.0 Å². The average molecular weight is 221 g/mol. The first kappa shape index (κ1) is 13.0. The van der Waals surface area contributed by atoms with E-state index in [4.69, 9.17) is 0 Å². The maximum atomic E-state index is 4.47. The van der Waals surface area contributed by atoms with Gasteiger partial charge in [0.2, 0.25) is 0 Å². The molecule has 1 unspecified atom stereocenters. The molecule has 0 bridgehead atoms. The smallest absolute Gasteiger partial charge is 0.0596 e. The summed E-state index contributed by atoms with van der Waals surface area (Å²) in [6, 6.07) is 2.65. The number of nitrogens with zero attached hydrogens (tertiary/aromatic N) is 2. The minimum Gasteiger partial charge on any atom is -0.314 e. The Morgan fingerprint density at radius 1 is 1.56 bits per heavy atom. The Kier molecular flexibility index (Phi) is 5.26. The van der Waals surface area contributed by atoms with E-state index in [-0.39, 0.29) is 0 Å². The van der Waals surface area contributed by atoms with Crippen LogP contribution in [0.5, 0.6) is 0 Å². The normalized spacial score (nSPS) is 12.7. The van der Waals surface area contributed by atoms with Crippen molar-refractivity contribution in [3.8, 4) is 0 Å². The van der Waals surface area contributed by atoms with Gasteiger partial charge >= 0.3 is 0 Å². The summed E-state index contributed by atoms with van der Waals surface area (Å²) in [5.41, 5.74) is 2.42. The van der Waals surface area contributed by atoms with Gasteiger partial charge in [0.25, 0.3) is 0 Å². The Hall–Kier alpha value is -1.09. The molecule has 0 saturated heterocycles. The molecule has 0 spiro atoms. The van der Waals surface area contributed by atoms with Crippen LogP contribution < -0.4 is 5.32 Å². The van der Waals surface area contributed by atoms with Crippen LogP contribution in [0.1, 0.15) is 31.7 Å². The van der Waals surface area contributed by atoms with E-state index in [0.29, 0.717) is 6.04 Å². The van der Waals surface area contributed by atoms with Crippen molar-refractivity contribution in [2.45, 2.75) is 46.2 Å². The van der Waals surface area contributed by atoms with Crippen molar-refractivity contribution >= 4 is 0 Å². The molecule has 16 heavy (non-hydrogen) atoms. The molecule has 0 radical (unpaired) electrons. The third kappa shape index (κ3) is 3.49. The van der Waals surface area contributed by atoms with E-state index >= 15 is 0 Å². The largest absolute Gasteiger partial charge is 0.314 e. The lowest BCUT2D eigenvalue weighted by Gasteiger charge is -2.16. The van der Waals surface area contributed by atoms with E-state index < -0.39 is 0 Å². The summed E-state index contributed by atoms with van der Waals surface area (Å²) in [6.45, 7) is 12.1. The maximum absolute atomic E-state index is 4.47. The van der Waals surface area contributed by atoms with Gasteiger partial charge in [0.1, 0.15) is 0 Å². The number of nitrogens with one attached hydrogen (secondary N) is 1. The molecule has 1 N–H and O–H groups in total. The fourth-order valence-electron chi connectivity index (χ4n) is 2.02. The van der Waals surface area contributed by atoms with Crippen LogP contribution in [0.3, 0.4) is 0 Å². The average Bonchev–Trinajstić information content (AvgIpc) is 2.59. The third-order valence-electron chi connectivity index (χ3n) is 2.68. The Bertz CT molecular complexity index is 328. The van der Waals surface area contributed by atoms with Gasteiger partial charge in [-0.25, -0.2) is 0 Å². The molecule has 0 aliphatic heterocycles. The van der Waals surface area contributed by atoms with Gasteiger partial charge in [0.15, 0.2) is 0 Å². The number of likely N-dealkylation sites (N-methyl/N-ethyl adjacent to an activating group) is 1. The zero-order valence-electron chi connectivity index (χ0n) is 10.7. The molecule has 1 aromatic rings. The molecular formula is C13H23N3. The molecule has 90 valence electrons. The highest BCUT2D eigenvalue weighted by Crippen LogP contribution is 2.09. The van der Waals surface area contributed by atoms with Crippen molar-refractivity contribution in [3.63, 3.8) is 0 Å². The van der Waals surface area contributed by atoms with Crippen LogP contribution in [0.15, 0.2) is 18.7 Å². The predicted octanol–water partition coefficient (Wildman–Crippen LogP) is 2.31. The van der Waals surface area contributed by atoms with Crippen LogP contribution in [-0.4, -0.2) is 22.4 Å². The van der Waals surface area contributed by atoms with E-state index in [2.05, 4.69) is 41.6 Å². The van der Waals surface area contributed by atoms with Crippen molar-refractivity contribution in [1.82, 2.24) is 15.1 Å². The standard InChI is InChI=1S/C13H23N3/c1-5-8-12(14-6-2)10-13-9-11(4)15-16(13)7-3/h5,9,12,14H,1,6-8,10H2,2-4H3. The molecule has 1 heterocycles. The van der Waals surface area contributed by atoms with Gasteiger partial charge in [-0.15, -0.1) is 6.58 Å². The monoisotopic (exact) mass is 221 g/mol. The van der Waals surface area contributed by atoms with Gasteiger partial charge in [-0.2, -0.15) is 5.10 Å². The molecule has 0 aromatic carbocycles. The van der Waals surface area contributed by atoms with E-state index in [1.807, 2.05) is 13.0 Å². The molecular weight excluding hydrogens is 198 g/mol. The fourth-order valence-corrected chi connectivity index (χ4v) is 2.02. The number of aromatic nitrogens is 2. The van der Waals surface area contributed by atoms with E-state index in [1.54, 1.807) is 0 Å². The minimum atomic E-state index is 0.476. The highest BCUT2D eigenvalue weighted by atomic mass is 15.3. The number of aryl methyl sites for hydroxylation is 2. The number of rotatable bonds is 7. The lowest BCUT2D eigenvalue weighted by Crippen LogP contribution is -2.31. The van der Waals surface area contributed by atoms with Crippen LogP contribution in [0.25, 0.3) is 0 Å². The van der Waals surface area contributed by atoms with Crippen LogP contribution in [0.4, 0.5) is 0 Å². The summed E-state index contributed by atoms with van der Waals surface area (Å²) in [5, 5.41) is 7.95. The van der Waals surface area contributed by atoms with Gasteiger partial charge in [-0.05, 0) is 32.9 Å². The van der Waals surface area contributed by atoms with Crippen molar-refractivity contribution in [3.05, 3.63) is 30.1 Å². The summed E-state index contributed by atoms with van der Waals surface area (Å²) in [5.74, 6) is 0. The Morgan fingerprint density at radius 3 is 2.88 bits per heavy atom. The lowest BCUT2D eigenvalue weighted by molar-refractivity contribution is 0.502. The number of hydrogen-bond acceptors (Lipinski definition) is 2. The molecule has 1 rings (SSSR count). The molecule has 0 aliphatic rings. The Labute approximate surface area is 98.5 Å². The van der Waals surface area contributed by atoms with Crippen molar-refractivity contribution in [2.24, 2.45) is 0 Å². The molecule has 3 heteroatoms. The summed E-state index contributed by atoms with van der Waals surface area (Å²) in [6.07, 6.45) is 4.00. The SMILES string of the molecule is C=CCC(Cc1cc(C)nn1CC)NCC. The van der Waals surface area contributed by atoms with E-state index in [9.17, 15) is 0 Å². The second-order valence-corrected chi connectivity index (χ2v) is 4.08. The molecule has 1 atom stereocenters. The molecule has 0 aliphatic carbocycles. The van der Waals surface area contributed by atoms with Gasteiger partial charge in [0, 0.05) is 24.7 Å². The van der Waals surface area contributed by atoms with Crippen molar-refractivity contribution in [2.75, 3.05) is 6.54 Å². The quantitative estimate of drug-likeness (QED) is 0.716. The highest BCUT2D eigenvalue weighted by Gasteiger charge is 2.10. The zero-order valence-corrected chi connectivity index (χ0v) is 10.7. The van der Waals surface area contributed by atoms with E-state index in [1.165, 1.54) is 5.69 Å². The summed E-state index contributed by atoms with van der Waals surface area (Å²) >= 11 is 0. The first-order chi connectivity index (χ1) is 7.71. The molecule has 1 aromatic heterocycles. The van der Waals surface area contributed by atoms with Crippen molar-refractivity contribution < 1.29 is 0 Å². The van der Waals surface area contributed by atoms with Gasteiger partial charge in [-0.3, -0.25) is 4.68 Å². The molecule has 0 amide bonds. The van der Waals surface area contributed by atoms with Crippen LogP contribution in [0.2, 0.25) is 0 Å². The van der Waals surface area contributed by atoms with Crippen LogP contribution in [-0.2, 0) is 13.0 Å². The molecule has 0 saturated carbocycles. The predicted molar refractivity (Wildman–Crippen MR) is 68.6 cm³/mol. The molecule has 0 fully saturated rings. The third-order valence-corrected chi connectivity index (χ3v) is 2.68. The molecule has 3 nitrogen and oxygen atoms in total. The topological polar surface area (TPSA) is 29.9 Å². The maximum Gasteiger partial charge on any atom is 0.0596 e. The zero-order chi connectivity index (χ0) is 12.0. The first-order valence-electron chi connectivity index (χ1n) is 6.08. The van der Waals surface area contributed by atoms with Crippen LogP contribution >= 0.6 is 0 Å². The van der Waals surface area contributed by atoms with Gasteiger partial charge < -0.3 is 5.32 Å². The van der Waals surface area contributed by atoms with Crippen molar-refractivity contribution in [1.29, 1.82) is 0 Å². The second kappa shape index (κ2) is 6.48. The summed E-state index contributed by atoms with van der Waals surface area (Å²) in [7, 11) is 0.